The molecule has 1 aliphatic carbocycles. The third-order valence-electron chi connectivity index (χ3n) is 3.40. The van der Waals surface area contributed by atoms with Crippen molar-refractivity contribution in [1.82, 2.24) is 0 Å². The van der Waals surface area contributed by atoms with Crippen molar-refractivity contribution in [2.75, 3.05) is 6.61 Å². The summed E-state index contributed by atoms with van der Waals surface area (Å²) in [5, 5.41) is 8.72. The molecule has 0 heterocycles. The highest BCUT2D eigenvalue weighted by Crippen LogP contribution is 2.35. The van der Waals surface area contributed by atoms with Gasteiger partial charge in [0.05, 0.1) is 0 Å². The van der Waals surface area contributed by atoms with Gasteiger partial charge in [-0.25, -0.2) is 0 Å². The van der Waals surface area contributed by atoms with Gasteiger partial charge in [-0.15, -0.1) is 0 Å². The van der Waals surface area contributed by atoms with E-state index in [-0.39, 0.29) is 12.5 Å². The van der Waals surface area contributed by atoms with Crippen LogP contribution in [0.5, 0.6) is 0 Å². The highest BCUT2D eigenvalue weighted by atomic mass is 16.2. The molecular formula is C12H20O2. The van der Waals surface area contributed by atoms with E-state index >= 15 is 0 Å². The molecule has 0 aliphatic heterocycles. The molecular weight excluding hydrogens is 176 g/mol. The molecule has 0 radical (unpaired) electrons. The van der Waals surface area contributed by atoms with Crippen LogP contribution in [-0.2, 0) is 4.79 Å². The molecule has 0 bridgehead atoms. The third-order valence-corrected chi connectivity index (χ3v) is 3.40. The second-order valence-corrected chi connectivity index (χ2v) is 4.35. The number of aldehydes is 1. The molecule has 0 aromatic heterocycles. The summed E-state index contributed by atoms with van der Waals surface area (Å²) >= 11 is 0. The average Bonchev–Trinajstić information content (AvgIpc) is 3.01. The fourth-order valence-corrected chi connectivity index (χ4v) is 1.94. The first kappa shape index (κ1) is 11.4. The van der Waals surface area contributed by atoms with Crippen LogP contribution in [0.3, 0.4) is 0 Å². The molecule has 0 fully saturated rings. The number of allylic oxidation sites excluding steroid dienone is 2. The normalized spacial score (nSPS) is 21.6. The lowest BCUT2D eigenvalue weighted by molar-refractivity contribution is -0.113. The number of carbonyl (C=O) groups is 1. The second-order valence-electron chi connectivity index (χ2n) is 4.35. The Labute approximate surface area is 86.0 Å². The van der Waals surface area contributed by atoms with Crippen LogP contribution in [0.1, 0.15) is 26.7 Å². The molecule has 80 valence electrons. The summed E-state index contributed by atoms with van der Waals surface area (Å²) in [6, 6.07) is 0. The van der Waals surface area contributed by atoms with Gasteiger partial charge in [-0.2, -0.15) is 0 Å². The van der Waals surface area contributed by atoms with Crippen molar-refractivity contribution in [3.63, 3.8) is 0 Å². The topological polar surface area (TPSA) is 37.3 Å². The molecule has 3 unspecified atom stereocenters. The Morgan fingerprint density at radius 3 is 2.50 bits per heavy atom. The molecule has 0 spiro atoms. The van der Waals surface area contributed by atoms with Crippen molar-refractivity contribution < 1.29 is 9.90 Å². The Hall–Kier alpha value is -0.630. The van der Waals surface area contributed by atoms with Gasteiger partial charge >= 0.3 is 0 Å². The van der Waals surface area contributed by atoms with E-state index in [4.69, 9.17) is 5.11 Å². The molecule has 1 N–H and O–H groups in total. The zero-order chi connectivity index (χ0) is 10.6. The van der Waals surface area contributed by atoms with Gasteiger partial charge in [0.2, 0.25) is 0 Å². The van der Waals surface area contributed by atoms with Crippen molar-refractivity contribution in [1.29, 1.82) is 0 Å². The third kappa shape index (κ3) is 2.95. The van der Waals surface area contributed by atoms with Gasteiger partial charge in [-0.3, -0.25) is 0 Å². The molecule has 0 saturated heterocycles. The summed E-state index contributed by atoms with van der Waals surface area (Å²) in [6.07, 6.45) is 6.99. The van der Waals surface area contributed by atoms with Gasteiger partial charge in [-0.05, 0) is 30.6 Å². The van der Waals surface area contributed by atoms with Crippen molar-refractivity contribution in [2.45, 2.75) is 26.7 Å². The quantitative estimate of drug-likeness (QED) is 0.499. The van der Waals surface area contributed by atoms with Crippen molar-refractivity contribution >= 4 is 6.29 Å². The Kier molecular flexibility index (Phi) is 4.33. The van der Waals surface area contributed by atoms with E-state index in [0.717, 1.165) is 19.1 Å². The Bertz CT molecular complexity index is 204. The zero-order valence-electron chi connectivity index (χ0n) is 9.02. The van der Waals surface area contributed by atoms with Gasteiger partial charge in [0.25, 0.3) is 0 Å². The first-order valence-electron chi connectivity index (χ1n) is 5.45. The van der Waals surface area contributed by atoms with Gasteiger partial charge in [0, 0.05) is 12.5 Å². The van der Waals surface area contributed by atoms with Crippen molar-refractivity contribution in [3.8, 4) is 0 Å². The van der Waals surface area contributed by atoms with Crippen LogP contribution in [-0.4, -0.2) is 18.0 Å². The van der Waals surface area contributed by atoms with E-state index in [1.165, 1.54) is 0 Å². The minimum absolute atomic E-state index is 0.111. The molecule has 1 rings (SSSR count). The summed E-state index contributed by atoms with van der Waals surface area (Å²) in [4.78, 5) is 10.9. The monoisotopic (exact) mass is 196 g/mol. The summed E-state index contributed by atoms with van der Waals surface area (Å²) in [5.41, 5.74) is 0. The molecule has 0 saturated carbocycles. The Balaban J connectivity index is 2.37. The fraction of sp³-hybridized carbons (Fsp3) is 0.750. The van der Waals surface area contributed by atoms with Gasteiger partial charge in [0.1, 0.15) is 6.29 Å². The van der Waals surface area contributed by atoms with Crippen LogP contribution in [0.25, 0.3) is 0 Å². The zero-order valence-corrected chi connectivity index (χ0v) is 9.02. The standard InChI is InChI=1S/C12H20O2/c1-9(11-5-6-11)10(2)12(8-14)4-3-7-13/h5-6,8-13H,3-4,7H2,1-2H3. The maximum atomic E-state index is 10.9. The molecule has 1 aliphatic rings. The van der Waals surface area contributed by atoms with E-state index in [1.807, 2.05) is 0 Å². The van der Waals surface area contributed by atoms with E-state index in [1.54, 1.807) is 0 Å². The SMILES string of the molecule is CC(C1C=C1)C(C)C(C=O)CCCO. The molecule has 0 aromatic rings. The minimum Gasteiger partial charge on any atom is -0.396 e. The van der Waals surface area contributed by atoms with Crippen LogP contribution in [0.2, 0.25) is 0 Å². The number of carbonyl (C=O) groups excluding carboxylic acids is 1. The second kappa shape index (κ2) is 5.30. The molecule has 2 nitrogen and oxygen atoms in total. The molecule has 0 amide bonds. The Morgan fingerprint density at radius 1 is 1.43 bits per heavy atom. The fourth-order valence-electron chi connectivity index (χ4n) is 1.94. The number of aliphatic hydroxyl groups excluding tert-OH is 1. The largest absolute Gasteiger partial charge is 0.396 e. The number of hydrogen-bond acceptors (Lipinski definition) is 2. The predicted octanol–water partition coefficient (Wildman–Crippen LogP) is 2.03. The summed E-state index contributed by atoms with van der Waals surface area (Å²) in [5.74, 6) is 1.70. The number of rotatable bonds is 7. The first-order chi connectivity index (χ1) is 6.70. The summed E-state index contributed by atoms with van der Waals surface area (Å²) < 4.78 is 0. The lowest BCUT2D eigenvalue weighted by atomic mass is 9.79. The minimum atomic E-state index is 0.111. The smallest absolute Gasteiger partial charge is 0.123 e. The van der Waals surface area contributed by atoms with Gasteiger partial charge in [-0.1, -0.05) is 26.0 Å². The lowest BCUT2D eigenvalue weighted by Gasteiger charge is -2.25. The van der Waals surface area contributed by atoms with Gasteiger partial charge < -0.3 is 9.90 Å². The number of hydrogen-bond donors (Lipinski definition) is 1. The Morgan fingerprint density at radius 2 is 2.07 bits per heavy atom. The summed E-state index contributed by atoms with van der Waals surface area (Å²) in [6.45, 7) is 4.53. The van der Waals surface area contributed by atoms with Crippen LogP contribution in [0.15, 0.2) is 12.2 Å². The van der Waals surface area contributed by atoms with Crippen LogP contribution < -0.4 is 0 Å². The maximum absolute atomic E-state index is 10.9. The highest BCUT2D eigenvalue weighted by Gasteiger charge is 2.29. The van der Waals surface area contributed by atoms with E-state index in [0.29, 0.717) is 17.8 Å². The van der Waals surface area contributed by atoms with Crippen LogP contribution in [0, 0.1) is 23.7 Å². The lowest BCUT2D eigenvalue weighted by Crippen LogP contribution is -2.22. The maximum Gasteiger partial charge on any atom is 0.123 e. The number of aliphatic hydroxyl groups is 1. The van der Waals surface area contributed by atoms with Gasteiger partial charge in [0.15, 0.2) is 0 Å². The van der Waals surface area contributed by atoms with E-state index < -0.39 is 0 Å². The molecule has 2 heteroatoms. The average molecular weight is 196 g/mol. The van der Waals surface area contributed by atoms with Crippen LogP contribution >= 0.6 is 0 Å². The highest BCUT2D eigenvalue weighted by molar-refractivity contribution is 5.54. The van der Waals surface area contributed by atoms with Crippen molar-refractivity contribution in [3.05, 3.63) is 12.2 Å². The van der Waals surface area contributed by atoms with E-state index in [9.17, 15) is 4.79 Å². The summed E-state index contributed by atoms with van der Waals surface area (Å²) in [7, 11) is 0. The molecule has 14 heavy (non-hydrogen) atoms. The molecule has 0 aromatic carbocycles. The molecule has 3 atom stereocenters. The predicted molar refractivity (Wildman–Crippen MR) is 56.8 cm³/mol. The first-order valence-corrected chi connectivity index (χ1v) is 5.45. The van der Waals surface area contributed by atoms with Crippen molar-refractivity contribution in [2.24, 2.45) is 23.7 Å². The van der Waals surface area contributed by atoms with E-state index in [2.05, 4.69) is 26.0 Å². The van der Waals surface area contributed by atoms with Crippen LogP contribution in [0.4, 0.5) is 0 Å².